The summed E-state index contributed by atoms with van der Waals surface area (Å²) in [6.45, 7) is 16.3. The van der Waals surface area contributed by atoms with Gasteiger partial charge in [-0.2, -0.15) is 5.10 Å². The molecule has 5 aromatic rings. The molecule has 1 aliphatic rings. The van der Waals surface area contributed by atoms with Gasteiger partial charge in [-0.15, -0.1) is 0 Å². The molecule has 0 radical (unpaired) electrons. The highest BCUT2D eigenvalue weighted by Gasteiger charge is 2.20. The van der Waals surface area contributed by atoms with Crippen LogP contribution in [-0.4, -0.2) is 79.8 Å². The number of pyridine rings is 2. The number of hydrogen-bond donors (Lipinski definition) is 1. The Balaban J connectivity index is 1.13. The van der Waals surface area contributed by atoms with Gasteiger partial charge in [-0.25, -0.2) is 4.98 Å². The van der Waals surface area contributed by atoms with Crippen LogP contribution in [0, 0.1) is 13.8 Å². The average molecular weight is 565 g/mol. The summed E-state index contributed by atoms with van der Waals surface area (Å²) >= 11 is 0. The summed E-state index contributed by atoms with van der Waals surface area (Å²) in [6.07, 6.45) is 4.68. The van der Waals surface area contributed by atoms with Gasteiger partial charge in [-0.1, -0.05) is 18.7 Å². The molecule has 1 N–H and O–H groups in total. The molecule has 1 aliphatic heterocycles. The van der Waals surface area contributed by atoms with E-state index in [-0.39, 0.29) is 0 Å². The van der Waals surface area contributed by atoms with Gasteiger partial charge in [0.15, 0.2) is 0 Å². The molecular formula is C33H40N8O. The van der Waals surface area contributed by atoms with E-state index in [0.717, 1.165) is 95.6 Å². The maximum atomic E-state index is 6.10. The number of benzene rings is 1. The zero-order chi connectivity index (χ0) is 29.2. The highest BCUT2D eigenvalue weighted by Crippen LogP contribution is 2.30. The number of piperazine rings is 1. The smallest absolute Gasteiger partial charge is 0.140 e. The van der Waals surface area contributed by atoms with Crippen LogP contribution in [0.1, 0.15) is 29.7 Å². The minimum atomic E-state index is 0.578. The van der Waals surface area contributed by atoms with E-state index in [9.17, 15) is 0 Å². The van der Waals surface area contributed by atoms with Crippen LogP contribution < -0.4 is 10.1 Å². The van der Waals surface area contributed by atoms with Crippen LogP contribution in [0.5, 0.6) is 5.75 Å². The van der Waals surface area contributed by atoms with Crippen molar-refractivity contribution in [2.75, 3.05) is 45.2 Å². The van der Waals surface area contributed by atoms with Gasteiger partial charge >= 0.3 is 0 Å². The minimum Gasteiger partial charge on any atom is -0.492 e. The summed E-state index contributed by atoms with van der Waals surface area (Å²) in [4.78, 5) is 14.2. The van der Waals surface area contributed by atoms with Crippen molar-refractivity contribution in [3.8, 4) is 5.75 Å². The van der Waals surface area contributed by atoms with Crippen LogP contribution >= 0.6 is 0 Å². The van der Waals surface area contributed by atoms with E-state index in [0.29, 0.717) is 12.6 Å². The number of rotatable bonds is 10. The highest BCUT2D eigenvalue weighted by molar-refractivity contribution is 5.97. The average Bonchev–Trinajstić information content (AvgIpc) is 3.55. The molecule has 218 valence electrons. The summed E-state index contributed by atoms with van der Waals surface area (Å²) in [5.41, 5.74) is 7.64. The lowest BCUT2D eigenvalue weighted by molar-refractivity contribution is 0.0928. The van der Waals surface area contributed by atoms with Gasteiger partial charge in [0.2, 0.25) is 0 Å². The number of fused-ring (bicyclic) bond motifs is 2. The van der Waals surface area contributed by atoms with Gasteiger partial charge in [0.05, 0.1) is 28.8 Å². The molecule has 0 spiro atoms. The summed E-state index contributed by atoms with van der Waals surface area (Å²) in [6, 6.07) is 17.0. The van der Waals surface area contributed by atoms with Crippen molar-refractivity contribution in [2.45, 2.75) is 39.8 Å². The van der Waals surface area contributed by atoms with Crippen molar-refractivity contribution < 1.29 is 4.74 Å². The third-order valence-corrected chi connectivity index (χ3v) is 8.28. The molecule has 0 amide bonds. The fraction of sp³-hybridized carbons (Fsp3) is 0.364. The Morgan fingerprint density at radius 1 is 1.10 bits per heavy atom. The number of likely N-dealkylation sites (N-methyl/N-ethyl adjacent to an activating group) is 1. The van der Waals surface area contributed by atoms with Gasteiger partial charge in [0.1, 0.15) is 18.0 Å². The first-order valence-electron chi connectivity index (χ1n) is 14.7. The summed E-state index contributed by atoms with van der Waals surface area (Å²) in [7, 11) is 2.19. The molecule has 0 aliphatic carbocycles. The Hall–Kier alpha value is -4.21. The first kappa shape index (κ1) is 27.9. The van der Waals surface area contributed by atoms with Crippen molar-refractivity contribution in [3.05, 3.63) is 90.3 Å². The molecule has 9 heteroatoms. The van der Waals surface area contributed by atoms with Crippen LogP contribution in [0.2, 0.25) is 0 Å². The molecule has 4 aromatic heterocycles. The first-order valence-corrected chi connectivity index (χ1v) is 14.7. The minimum absolute atomic E-state index is 0.578. The third-order valence-electron chi connectivity index (χ3n) is 8.28. The van der Waals surface area contributed by atoms with Crippen molar-refractivity contribution in [1.29, 1.82) is 0 Å². The quantitative estimate of drug-likeness (QED) is 0.255. The maximum Gasteiger partial charge on any atom is 0.140 e. The van der Waals surface area contributed by atoms with Gasteiger partial charge in [-0.05, 0) is 58.2 Å². The number of imidazole rings is 1. The fourth-order valence-electron chi connectivity index (χ4n) is 5.78. The predicted molar refractivity (Wildman–Crippen MR) is 169 cm³/mol. The zero-order valence-corrected chi connectivity index (χ0v) is 25.0. The highest BCUT2D eigenvalue weighted by atomic mass is 16.5. The van der Waals surface area contributed by atoms with Crippen LogP contribution in [0.15, 0.2) is 67.5 Å². The number of aryl methyl sites for hydroxylation is 4. The molecule has 42 heavy (non-hydrogen) atoms. The first-order chi connectivity index (χ1) is 20.4. The number of anilines is 1. The third kappa shape index (κ3) is 5.89. The summed E-state index contributed by atoms with van der Waals surface area (Å²) in [5, 5.41) is 9.50. The second kappa shape index (κ2) is 12.0. The van der Waals surface area contributed by atoms with Crippen LogP contribution in [0.3, 0.4) is 0 Å². The van der Waals surface area contributed by atoms with Crippen LogP contribution in [0.25, 0.3) is 22.2 Å². The molecule has 0 saturated carbocycles. The van der Waals surface area contributed by atoms with Gasteiger partial charge < -0.3 is 15.0 Å². The van der Waals surface area contributed by atoms with Crippen LogP contribution in [-0.2, 0) is 13.0 Å². The SMILES string of the molecule is C=C(Nc1cccc2c1c(C)nn2CCc1cccc(C)n1)c1cnc2cc(OCCN3CCN(C)[C@@H](C)C3)ccn12. The van der Waals surface area contributed by atoms with E-state index < -0.39 is 0 Å². The Morgan fingerprint density at radius 2 is 1.95 bits per heavy atom. The number of nitrogens with one attached hydrogen (secondary N) is 1. The molecule has 0 unspecified atom stereocenters. The lowest BCUT2D eigenvalue weighted by Crippen LogP contribution is -2.50. The topological polar surface area (TPSA) is 75.7 Å². The van der Waals surface area contributed by atoms with Crippen molar-refractivity contribution in [2.24, 2.45) is 0 Å². The Kier molecular flexibility index (Phi) is 7.95. The molecule has 5 heterocycles. The lowest BCUT2D eigenvalue weighted by Gasteiger charge is -2.37. The van der Waals surface area contributed by atoms with E-state index in [4.69, 9.17) is 9.84 Å². The van der Waals surface area contributed by atoms with Gasteiger partial charge in [0, 0.05) is 79.9 Å². The van der Waals surface area contributed by atoms with E-state index in [2.05, 4.69) is 87.6 Å². The lowest BCUT2D eigenvalue weighted by atomic mass is 10.1. The molecule has 1 fully saturated rings. The standard InChI is InChI=1S/C33H40N8O/c1-23-8-6-9-27(35-23)12-15-41-30-11-7-10-29(33(30)26(4)37-41)36-25(3)31-21-34-32-20-28(13-14-40(31)32)42-19-18-39-17-16-38(5)24(2)22-39/h6-11,13-14,20-21,24,36H,3,12,15-19,22H2,1-2,4-5H3/t24-/m0/s1. The number of aromatic nitrogens is 5. The second-order valence-electron chi connectivity index (χ2n) is 11.3. The molecule has 0 bridgehead atoms. The van der Waals surface area contributed by atoms with E-state index >= 15 is 0 Å². The maximum absolute atomic E-state index is 6.10. The Bertz CT molecular complexity index is 1720. The number of nitrogens with zero attached hydrogens (tertiary/aromatic N) is 7. The zero-order valence-electron chi connectivity index (χ0n) is 25.0. The fourth-order valence-corrected chi connectivity index (χ4v) is 5.78. The number of ether oxygens (including phenoxy) is 1. The van der Waals surface area contributed by atoms with Crippen LogP contribution in [0.4, 0.5) is 5.69 Å². The monoisotopic (exact) mass is 564 g/mol. The Morgan fingerprint density at radius 3 is 2.79 bits per heavy atom. The van der Waals surface area contributed by atoms with Gasteiger partial charge in [-0.3, -0.25) is 19.0 Å². The molecular weight excluding hydrogens is 524 g/mol. The van der Waals surface area contributed by atoms with Crippen molar-refractivity contribution >= 4 is 27.9 Å². The normalized spacial score (nSPS) is 16.3. The van der Waals surface area contributed by atoms with E-state index in [1.807, 2.05) is 41.9 Å². The molecule has 1 saturated heterocycles. The molecule has 1 atom stereocenters. The molecule has 1 aromatic carbocycles. The Labute approximate surface area is 247 Å². The van der Waals surface area contributed by atoms with E-state index in [1.54, 1.807) is 0 Å². The molecule has 9 nitrogen and oxygen atoms in total. The summed E-state index contributed by atoms with van der Waals surface area (Å²) in [5.74, 6) is 0.828. The molecule has 6 rings (SSSR count). The number of hydrogen-bond acceptors (Lipinski definition) is 7. The van der Waals surface area contributed by atoms with Crippen molar-refractivity contribution in [1.82, 2.24) is 33.9 Å². The van der Waals surface area contributed by atoms with Gasteiger partial charge in [0.25, 0.3) is 0 Å². The second-order valence-corrected chi connectivity index (χ2v) is 11.3. The largest absolute Gasteiger partial charge is 0.492 e. The predicted octanol–water partition coefficient (Wildman–Crippen LogP) is 5.04. The van der Waals surface area contributed by atoms with E-state index in [1.165, 1.54) is 0 Å². The van der Waals surface area contributed by atoms with Crippen molar-refractivity contribution in [3.63, 3.8) is 0 Å². The summed E-state index contributed by atoms with van der Waals surface area (Å²) < 4.78 is 10.2.